The Balaban J connectivity index is 1.91. The van der Waals surface area contributed by atoms with Crippen LogP contribution >= 0.6 is 0 Å². The van der Waals surface area contributed by atoms with Crippen molar-refractivity contribution in [2.45, 2.75) is 45.3 Å². The van der Waals surface area contributed by atoms with E-state index in [2.05, 4.69) is 16.3 Å². The highest BCUT2D eigenvalue weighted by Gasteiger charge is 2.38. The summed E-state index contributed by atoms with van der Waals surface area (Å²) in [4.78, 5) is 4.25. The van der Waals surface area contributed by atoms with Gasteiger partial charge in [0, 0.05) is 5.41 Å². The van der Waals surface area contributed by atoms with Crippen molar-refractivity contribution < 1.29 is 8.95 Å². The van der Waals surface area contributed by atoms with E-state index in [0.717, 1.165) is 12.4 Å². The first-order chi connectivity index (χ1) is 9.28. The van der Waals surface area contributed by atoms with Crippen LogP contribution in [0.4, 0.5) is 0 Å². The molecule has 1 aliphatic carbocycles. The smallest absolute Gasteiger partial charge is 0.144 e. The van der Waals surface area contributed by atoms with Gasteiger partial charge in [0.1, 0.15) is 16.7 Å². The van der Waals surface area contributed by atoms with E-state index in [0.29, 0.717) is 11.1 Å². The van der Waals surface area contributed by atoms with Crippen molar-refractivity contribution in [3.63, 3.8) is 0 Å². The van der Waals surface area contributed by atoms with Gasteiger partial charge in [-0.1, -0.05) is 6.92 Å². The summed E-state index contributed by atoms with van der Waals surface area (Å²) in [7, 11) is -1.25. The van der Waals surface area contributed by atoms with E-state index < -0.39 is 11.0 Å². The molecule has 1 aromatic heterocycles. The monoisotopic (exact) mass is 294 g/mol. The van der Waals surface area contributed by atoms with Crippen LogP contribution in [0, 0.1) is 5.41 Å². The Morgan fingerprint density at radius 2 is 2.15 bits per heavy atom. The molecule has 2 rings (SSSR count). The van der Waals surface area contributed by atoms with Gasteiger partial charge in [0.05, 0.1) is 29.5 Å². The highest BCUT2D eigenvalue weighted by molar-refractivity contribution is 7.85. The van der Waals surface area contributed by atoms with E-state index in [1.807, 2.05) is 32.9 Å². The summed E-state index contributed by atoms with van der Waals surface area (Å²) in [5, 5.41) is 0. The van der Waals surface area contributed by atoms with Gasteiger partial charge in [-0.2, -0.15) is 4.40 Å². The Bertz CT molecular complexity index is 514. The zero-order valence-electron chi connectivity index (χ0n) is 12.5. The molecule has 4 nitrogen and oxygen atoms in total. The number of hydrogen-bond donors (Lipinski definition) is 0. The van der Waals surface area contributed by atoms with Crippen molar-refractivity contribution in [1.29, 1.82) is 0 Å². The summed E-state index contributed by atoms with van der Waals surface area (Å²) in [6, 6.07) is 3.70. The molecule has 1 atom stereocenters. The van der Waals surface area contributed by atoms with E-state index in [1.54, 1.807) is 12.4 Å². The first-order valence-corrected chi connectivity index (χ1v) is 7.94. The second kappa shape index (κ2) is 5.64. The van der Waals surface area contributed by atoms with Gasteiger partial charge in [-0.05, 0) is 45.7 Å². The van der Waals surface area contributed by atoms with Gasteiger partial charge in [0.15, 0.2) is 0 Å². The second-order valence-electron chi connectivity index (χ2n) is 6.61. The van der Waals surface area contributed by atoms with Gasteiger partial charge < -0.3 is 4.74 Å². The lowest BCUT2D eigenvalue weighted by atomic mass is 10.2. The van der Waals surface area contributed by atoms with E-state index in [9.17, 15) is 4.21 Å². The van der Waals surface area contributed by atoms with E-state index in [-0.39, 0.29) is 4.75 Å². The van der Waals surface area contributed by atoms with Gasteiger partial charge in [0.25, 0.3) is 0 Å². The minimum absolute atomic E-state index is 0.348. The maximum absolute atomic E-state index is 11.8. The summed E-state index contributed by atoms with van der Waals surface area (Å²) >= 11 is 0. The predicted octanol–water partition coefficient (Wildman–Crippen LogP) is 3.14. The van der Waals surface area contributed by atoms with Crippen LogP contribution in [-0.4, -0.2) is 26.8 Å². The number of aromatic nitrogens is 1. The highest BCUT2D eigenvalue weighted by atomic mass is 32.2. The molecule has 0 spiro atoms. The Kier molecular flexibility index (Phi) is 4.28. The van der Waals surface area contributed by atoms with Crippen LogP contribution < -0.4 is 4.74 Å². The minimum Gasteiger partial charge on any atom is -0.491 e. The Morgan fingerprint density at radius 1 is 1.45 bits per heavy atom. The second-order valence-corrected chi connectivity index (χ2v) is 8.55. The fourth-order valence-electron chi connectivity index (χ4n) is 1.43. The number of hydrogen-bond acceptors (Lipinski definition) is 3. The topological polar surface area (TPSA) is 51.5 Å². The maximum atomic E-state index is 11.8. The third-order valence-corrected chi connectivity index (χ3v) is 4.60. The molecule has 0 aliphatic heterocycles. The van der Waals surface area contributed by atoms with Crippen molar-refractivity contribution in [2.24, 2.45) is 9.81 Å². The van der Waals surface area contributed by atoms with Crippen LogP contribution in [0.25, 0.3) is 0 Å². The summed E-state index contributed by atoms with van der Waals surface area (Å²) < 4.78 is 21.2. The SMILES string of the molecule is CC1(COc2ccc(C=N[S@](=O)C(C)(C)C)nc2)CC1. The van der Waals surface area contributed by atoms with Crippen LogP contribution in [-0.2, 0) is 11.0 Å². The molecule has 0 N–H and O–H groups in total. The molecule has 5 heteroatoms. The Labute approximate surface area is 123 Å². The molecule has 1 heterocycles. The summed E-state index contributed by atoms with van der Waals surface area (Å²) in [5.74, 6) is 0.771. The minimum atomic E-state index is -1.25. The van der Waals surface area contributed by atoms with Crippen molar-refractivity contribution in [1.82, 2.24) is 4.98 Å². The number of rotatable bonds is 5. The number of nitrogens with zero attached hydrogens (tertiary/aromatic N) is 2. The zero-order valence-corrected chi connectivity index (χ0v) is 13.4. The molecule has 0 amide bonds. The molecule has 1 fully saturated rings. The Morgan fingerprint density at radius 3 is 2.65 bits per heavy atom. The third-order valence-electron chi connectivity index (χ3n) is 3.25. The first-order valence-electron chi connectivity index (χ1n) is 6.83. The van der Waals surface area contributed by atoms with Crippen molar-refractivity contribution in [3.8, 4) is 5.75 Å². The normalized spacial score (nSPS) is 19.0. The molecule has 1 aromatic rings. The van der Waals surface area contributed by atoms with E-state index in [1.165, 1.54) is 12.8 Å². The van der Waals surface area contributed by atoms with Gasteiger partial charge in [-0.25, -0.2) is 4.21 Å². The summed E-state index contributed by atoms with van der Waals surface area (Å²) in [6.45, 7) is 8.65. The number of ether oxygens (including phenoxy) is 1. The Hall–Kier alpha value is -1.23. The largest absolute Gasteiger partial charge is 0.491 e. The van der Waals surface area contributed by atoms with Gasteiger partial charge >= 0.3 is 0 Å². The van der Waals surface area contributed by atoms with Gasteiger partial charge in [0.2, 0.25) is 0 Å². The average Bonchev–Trinajstić information content (AvgIpc) is 3.12. The number of pyridine rings is 1. The van der Waals surface area contributed by atoms with E-state index >= 15 is 0 Å². The highest BCUT2D eigenvalue weighted by Crippen LogP contribution is 2.44. The van der Waals surface area contributed by atoms with Crippen LogP contribution in [0.5, 0.6) is 5.75 Å². The summed E-state index contributed by atoms with van der Waals surface area (Å²) in [5.41, 5.74) is 1.05. The van der Waals surface area contributed by atoms with Crippen LogP contribution in [0.1, 0.15) is 46.2 Å². The molecule has 0 aromatic carbocycles. The van der Waals surface area contributed by atoms with Gasteiger partial charge in [-0.3, -0.25) is 4.98 Å². The van der Waals surface area contributed by atoms with Crippen molar-refractivity contribution >= 4 is 17.2 Å². The fraction of sp³-hybridized carbons (Fsp3) is 0.600. The molecule has 1 aliphatic rings. The van der Waals surface area contributed by atoms with E-state index in [4.69, 9.17) is 4.74 Å². The van der Waals surface area contributed by atoms with Crippen LogP contribution in [0.2, 0.25) is 0 Å². The summed E-state index contributed by atoms with van der Waals surface area (Å²) in [6.07, 6.45) is 5.72. The molecular formula is C15H22N2O2S. The average molecular weight is 294 g/mol. The molecular weight excluding hydrogens is 272 g/mol. The first kappa shape index (κ1) is 15.2. The molecule has 0 radical (unpaired) electrons. The van der Waals surface area contributed by atoms with Gasteiger partial charge in [-0.15, -0.1) is 0 Å². The zero-order chi connectivity index (χ0) is 14.8. The van der Waals surface area contributed by atoms with Crippen LogP contribution in [0.3, 0.4) is 0 Å². The standard InChI is InChI=1S/C15H22N2O2S/c1-14(2,3)20(18)17-9-12-5-6-13(10-16-12)19-11-15(4)7-8-15/h5-6,9-10H,7-8,11H2,1-4H3/t20-/m1/s1. The lowest BCUT2D eigenvalue weighted by Crippen LogP contribution is -2.19. The molecule has 110 valence electrons. The van der Waals surface area contributed by atoms with Crippen LogP contribution in [0.15, 0.2) is 22.7 Å². The molecule has 0 saturated heterocycles. The molecule has 0 unspecified atom stereocenters. The lowest BCUT2D eigenvalue weighted by Gasteiger charge is -2.12. The molecule has 1 saturated carbocycles. The molecule has 0 bridgehead atoms. The fourth-order valence-corrected chi connectivity index (χ4v) is 1.95. The van der Waals surface area contributed by atoms with Crippen molar-refractivity contribution in [2.75, 3.05) is 6.61 Å². The predicted molar refractivity (Wildman–Crippen MR) is 82.6 cm³/mol. The maximum Gasteiger partial charge on any atom is 0.144 e. The quantitative estimate of drug-likeness (QED) is 0.784. The molecule has 20 heavy (non-hydrogen) atoms. The third kappa shape index (κ3) is 4.40. The lowest BCUT2D eigenvalue weighted by molar-refractivity contribution is 0.246. The van der Waals surface area contributed by atoms with Crippen molar-refractivity contribution in [3.05, 3.63) is 24.0 Å².